The van der Waals surface area contributed by atoms with Gasteiger partial charge in [0.15, 0.2) is 0 Å². The molecule has 0 atom stereocenters. The molecule has 98 valence electrons. The van der Waals surface area contributed by atoms with Crippen molar-refractivity contribution < 1.29 is 10.0 Å². The number of nitro groups is 1. The van der Waals surface area contributed by atoms with Gasteiger partial charge in [-0.3, -0.25) is 10.1 Å². The molecule has 2 rings (SSSR count). The van der Waals surface area contributed by atoms with Crippen LogP contribution < -0.4 is 4.90 Å². The van der Waals surface area contributed by atoms with Gasteiger partial charge in [0.05, 0.1) is 4.92 Å². The van der Waals surface area contributed by atoms with E-state index >= 15 is 0 Å². The van der Waals surface area contributed by atoms with Crippen molar-refractivity contribution in [1.82, 2.24) is 0 Å². The molecule has 1 aliphatic rings. The Hall–Kier alpha value is -1.62. The number of aliphatic hydroxyl groups excluding tert-OH is 1. The van der Waals surface area contributed by atoms with E-state index in [-0.39, 0.29) is 17.2 Å². The topological polar surface area (TPSA) is 66.6 Å². The summed E-state index contributed by atoms with van der Waals surface area (Å²) in [6.45, 7) is 0.788. The maximum atomic E-state index is 11.1. The van der Waals surface area contributed by atoms with E-state index in [9.17, 15) is 10.1 Å². The number of hydrogen-bond acceptors (Lipinski definition) is 4. The van der Waals surface area contributed by atoms with Crippen molar-refractivity contribution >= 4 is 11.4 Å². The number of rotatable bonds is 6. The van der Waals surface area contributed by atoms with E-state index in [1.54, 1.807) is 18.2 Å². The Labute approximate surface area is 106 Å². The number of para-hydroxylation sites is 2. The Balaban J connectivity index is 2.25. The summed E-state index contributed by atoms with van der Waals surface area (Å²) >= 11 is 0. The molecule has 0 aromatic heterocycles. The monoisotopic (exact) mass is 250 g/mol. The van der Waals surface area contributed by atoms with Crippen LogP contribution in [0.4, 0.5) is 11.4 Å². The van der Waals surface area contributed by atoms with Crippen molar-refractivity contribution in [1.29, 1.82) is 0 Å². The zero-order valence-corrected chi connectivity index (χ0v) is 10.3. The Morgan fingerprint density at radius 2 is 2.11 bits per heavy atom. The summed E-state index contributed by atoms with van der Waals surface area (Å²) in [4.78, 5) is 12.8. The number of nitro benzene ring substituents is 1. The smallest absolute Gasteiger partial charge is 0.292 e. The van der Waals surface area contributed by atoms with Crippen LogP contribution in [0.25, 0.3) is 0 Å². The minimum atomic E-state index is -0.333. The lowest BCUT2D eigenvalue weighted by Gasteiger charge is -2.38. The van der Waals surface area contributed by atoms with Crippen LogP contribution in [-0.2, 0) is 0 Å². The Morgan fingerprint density at radius 3 is 2.67 bits per heavy atom. The van der Waals surface area contributed by atoms with Crippen LogP contribution in [-0.4, -0.2) is 29.2 Å². The van der Waals surface area contributed by atoms with Crippen LogP contribution in [0.2, 0.25) is 0 Å². The van der Waals surface area contributed by atoms with E-state index in [1.807, 2.05) is 6.07 Å². The third kappa shape index (κ3) is 2.61. The highest BCUT2D eigenvalue weighted by atomic mass is 16.6. The normalized spacial score (nSPS) is 15.2. The fourth-order valence-corrected chi connectivity index (χ4v) is 2.30. The minimum absolute atomic E-state index is 0.115. The van der Waals surface area contributed by atoms with Crippen LogP contribution in [0.15, 0.2) is 24.3 Å². The van der Waals surface area contributed by atoms with Gasteiger partial charge in [-0.05, 0) is 31.7 Å². The van der Waals surface area contributed by atoms with E-state index in [4.69, 9.17) is 5.11 Å². The van der Waals surface area contributed by atoms with Crippen LogP contribution in [0, 0.1) is 10.1 Å². The van der Waals surface area contributed by atoms with Gasteiger partial charge in [0.25, 0.3) is 5.69 Å². The first-order valence-corrected chi connectivity index (χ1v) is 6.35. The van der Waals surface area contributed by atoms with Crippen LogP contribution >= 0.6 is 0 Å². The summed E-state index contributed by atoms with van der Waals surface area (Å²) in [5, 5.41) is 20.0. The first kappa shape index (κ1) is 12.8. The van der Waals surface area contributed by atoms with Gasteiger partial charge < -0.3 is 10.0 Å². The van der Waals surface area contributed by atoms with Gasteiger partial charge in [0.1, 0.15) is 5.69 Å². The van der Waals surface area contributed by atoms with Crippen molar-refractivity contribution in [2.75, 3.05) is 18.1 Å². The number of benzene rings is 1. The lowest BCUT2D eigenvalue weighted by Crippen LogP contribution is -2.41. The average Bonchev–Trinajstić information content (AvgIpc) is 2.32. The molecule has 5 heteroatoms. The summed E-state index contributed by atoms with van der Waals surface area (Å²) < 4.78 is 0. The van der Waals surface area contributed by atoms with E-state index < -0.39 is 0 Å². The lowest BCUT2D eigenvalue weighted by atomic mass is 9.90. The molecule has 18 heavy (non-hydrogen) atoms. The summed E-state index contributed by atoms with van der Waals surface area (Å²) in [6.07, 6.45) is 3.98. The molecule has 5 nitrogen and oxygen atoms in total. The van der Waals surface area contributed by atoms with Crippen molar-refractivity contribution in [2.24, 2.45) is 0 Å². The quantitative estimate of drug-likeness (QED) is 0.621. The standard InChI is InChI=1S/C13H18N2O3/c16-10-4-9-14(11-5-3-6-11)12-7-1-2-8-13(12)15(17)18/h1-2,7-8,11,16H,3-6,9-10H2. The van der Waals surface area contributed by atoms with Crippen LogP contribution in [0.5, 0.6) is 0 Å². The Bertz CT molecular complexity index is 418. The maximum Gasteiger partial charge on any atom is 0.292 e. The molecular formula is C13H18N2O3. The first-order chi connectivity index (χ1) is 8.74. The van der Waals surface area contributed by atoms with Gasteiger partial charge in [-0.25, -0.2) is 0 Å². The Morgan fingerprint density at radius 1 is 1.39 bits per heavy atom. The molecule has 1 aromatic carbocycles. The van der Waals surface area contributed by atoms with Crippen LogP contribution in [0.3, 0.4) is 0 Å². The Kier molecular flexibility index (Phi) is 4.15. The fraction of sp³-hybridized carbons (Fsp3) is 0.538. The van der Waals surface area contributed by atoms with Gasteiger partial charge in [-0.15, -0.1) is 0 Å². The third-order valence-electron chi connectivity index (χ3n) is 3.46. The highest BCUT2D eigenvalue weighted by Gasteiger charge is 2.28. The third-order valence-corrected chi connectivity index (χ3v) is 3.46. The van der Waals surface area contributed by atoms with Gasteiger partial charge in [-0.2, -0.15) is 0 Å². The van der Waals surface area contributed by atoms with Crippen molar-refractivity contribution in [3.05, 3.63) is 34.4 Å². The molecule has 0 radical (unpaired) electrons. The lowest BCUT2D eigenvalue weighted by molar-refractivity contribution is -0.384. The second kappa shape index (κ2) is 5.82. The van der Waals surface area contributed by atoms with E-state index in [2.05, 4.69) is 4.90 Å². The second-order valence-electron chi connectivity index (χ2n) is 4.60. The molecule has 0 amide bonds. The minimum Gasteiger partial charge on any atom is -0.396 e. The molecular weight excluding hydrogens is 232 g/mol. The zero-order valence-electron chi connectivity index (χ0n) is 10.3. The van der Waals surface area contributed by atoms with Crippen molar-refractivity contribution in [2.45, 2.75) is 31.7 Å². The molecule has 0 aliphatic heterocycles. The molecule has 0 unspecified atom stereocenters. The largest absolute Gasteiger partial charge is 0.396 e. The van der Waals surface area contributed by atoms with E-state index in [1.165, 1.54) is 6.42 Å². The first-order valence-electron chi connectivity index (χ1n) is 6.35. The molecule has 1 aromatic rings. The highest BCUT2D eigenvalue weighted by molar-refractivity contribution is 5.63. The highest BCUT2D eigenvalue weighted by Crippen LogP contribution is 2.35. The van der Waals surface area contributed by atoms with Gasteiger partial charge in [0.2, 0.25) is 0 Å². The maximum absolute atomic E-state index is 11.1. The average molecular weight is 250 g/mol. The molecule has 0 spiro atoms. The summed E-state index contributed by atoms with van der Waals surface area (Å²) in [7, 11) is 0. The van der Waals surface area contributed by atoms with Crippen molar-refractivity contribution in [3.8, 4) is 0 Å². The molecule has 1 N–H and O–H groups in total. The SMILES string of the molecule is O=[N+]([O-])c1ccccc1N(CCCO)C1CCC1. The van der Waals surface area contributed by atoms with E-state index in [0.717, 1.165) is 12.8 Å². The molecule has 1 fully saturated rings. The molecule has 0 saturated heterocycles. The predicted molar refractivity (Wildman–Crippen MR) is 69.8 cm³/mol. The summed E-state index contributed by atoms with van der Waals surface area (Å²) in [5.41, 5.74) is 0.836. The summed E-state index contributed by atoms with van der Waals surface area (Å²) in [6, 6.07) is 7.24. The second-order valence-corrected chi connectivity index (χ2v) is 4.60. The van der Waals surface area contributed by atoms with Gasteiger partial charge >= 0.3 is 0 Å². The molecule has 0 bridgehead atoms. The number of hydrogen-bond donors (Lipinski definition) is 1. The van der Waals surface area contributed by atoms with Gasteiger partial charge in [0, 0.05) is 25.3 Å². The number of nitrogens with zero attached hydrogens (tertiary/aromatic N) is 2. The predicted octanol–water partition coefficient (Wildman–Crippen LogP) is 2.34. The van der Waals surface area contributed by atoms with Crippen molar-refractivity contribution in [3.63, 3.8) is 0 Å². The van der Waals surface area contributed by atoms with Gasteiger partial charge in [-0.1, -0.05) is 12.1 Å². The molecule has 1 aliphatic carbocycles. The molecule has 0 heterocycles. The number of anilines is 1. The van der Waals surface area contributed by atoms with E-state index in [0.29, 0.717) is 24.7 Å². The fourth-order valence-electron chi connectivity index (χ4n) is 2.30. The molecule has 1 saturated carbocycles. The zero-order chi connectivity index (χ0) is 13.0. The summed E-state index contributed by atoms with van der Waals surface area (Å²) in [5.74, 6) is 0. The number of aliphatic hydroxyl groups is 1. The van der Waals surface area contributed by atoms with Crippen LogP contribution in [0.1, 0.15) is 25.7 Å².